The van der Waals surface area contributed by atoms with Gasteiger partial charge in [0.05, 0.1) is 0 Å². The summed E-state index contributed by atoms with van der Waals surface area (Å²) in [6.45, 7) is 4.68. The summed E-state index contributed by atoms with van der Waals surface area (Å²) in [5.74, 6) is 1.64. The molecule has 0 aliphatic heterocycles. The highest BCUT2D eigenvalue weighted by Crippen LogP contribution is 2.34. The summed E-state index contributed by atoms with van der Waals surface area (Å²) < 4.78 is 1.03. The minimum atomic E-state index is -0.0511. The molecule has 0 saturated heterocycles. The number of pyridine rings is 1. The second-order valence-electron chi connectivity index (χ2n) is 6.44. The highest BCUT2D eigenvalue weighted by atomic mass is 79.9. The van der Waals surface area contributed by atoms with E-state index in [0.717, 1.165) is 41.3 Å². The van der Waals surface area contributed by atoms with E-state index in [-0.39, 0.29) is 5.54 Å². The lowest BCUT2D eigenvalue weighted by molar-refractivity contribution is 0.321. The van der Waals surface area contributed by atoms with Gasteiger partial charge in [0.15, 0.2) is 0 Å². The minimum absolute atomic E-state index is 0.0511. The first kappa shape index (κ1) is 15.0. The van der Waals surface area contributed by atoms with Crippen LogP contribution < -0.4 is 5.73 Å². The summed E-state index contributed by atoms with van der Waals surface area (Å²) in [5, 5.41) is 0. The Hall–Kier alpha value is -0.410. The van der Waals surface area contributed by atoms with Crippen LogP contribution in [0, 0.1) is 11.8 Å². The van der Waals surface area contributed by atoms with Gasteiger partial charge >= 0.3 is 0 Å². The molecule has 2 unspecified atom stereocenters. The Morgan fingerprint density at radius 1 is 1.37 bits per heavy atom. The van der Waals surface area contributed by atoms with Crippen molar-refractivity contribution in [2.45, 2.75) is 57.9 Å². The minimum Gasteiger partial charge on any atom is -0.325 e. The molecule has 0 amide bonds. The van der Waals surface area contributed by atoms with Crippen molar-refractivity contribution in [3.8, 4) is 0 Å². The van der Waals surface area contributed by atoms with E-state index in [4.69, 9.17) is 5.73 Å². The van der Waals surface area contributed by atoms with Crippen molar-refractivity contribution < 1.29 is 0 Å². The van der Waals surface area contributed by atoms with Crippen molar-refractivity contribution in [1.82, 2.24) is 4.98 Å². The van der Waals surface area contributed by atoms with Gasteiger partial charge in [0.1, 0.15) is 0 Å². The molecule has 19 heavy (non-hydrogen) atoms. The molecular weight excluding hydrogens is 300 g/mol. The Morgan fingerprint density at radius 2 is 2.16 bits per heavy atom. The lowest BCUT2D eigenvalue weighted by Gasteiger charge is -2.28. The Labute approximate surface area is 125 Å². The van der Waals surface area contributed by atoms with Gasteiger partial charge in [-0.25, -0.2) is 0 Å². The molecule has 1 fully saturated rings. The van der Waals surface area contributed by atoms with Crippen LogP contribution in [0.4, 0.5) is 0 Å². The van der Waals surface area contributed by atoms with Crippen LogP contribution in [-0.2, 0) is 6.42 Å². The zero-order valence-electron chi connectivity index (χ0n) is 12.0. The summed E-state index contributed by atoms with van der Waals surface area (Å²) in [6, 6.07) is 4.14. The Kier molecular flexibility index (Phi) is 5.02. The van der Waals surface area contributed by atoms with Gasteiger partial charge in [-0.15, -0.1) is 0 Å². The molecule has 0 bridgehead atoms. The molecule has 0 radical (unpaired) electrons. The van der Waals surface area contributed by atoms with Crippen LogP contribution in [0.25, 0.3) is 0 Å². The quantitative estimate of drug-likeness (QED) is 0.841. The van der Waals surface area contributed by atoms with Gasteiger partial charge < -0.3 is 5.73 Å². The number of nitrogens with two attached hydrogens (primary N) is 1. The van der Waals surface area contributed by atoms with E-state index < -0.39 is 0 Å². The molecule has 1 aliphatic carbocycles. The van der Waals surface area contributed by atoms with Crippen molar-refractivity contribution in [1.29, 1.82) is 0 Å². The second kappa shape index (κ2) is 6.36. The number of nitrogens with zero attached hydrogens (tertiary/aromatic N) is 1. The van der Waals surface area contributed by atoms with Crippen LogP contribution >= 0.6 is 15.9 Å². The van der Waals surface area contributed by atoms with Crippen LogP contribution in [-0.4, -0.2) is 10.5 Å². The first-order valence-corrected chi connectivity index (χ1v) is 8.17. The monoisotopic (exact) mass is 324 g/mol. The standard InChI is InChI=1S/C16H25BrN2/c1-12(2)13-4-3-8-16(18,9-7-13)10-15-6-5-14(17)11-19-15/h5-6,11-13H,3-4,7-10,18H2,1-2H3. The molecular formula is C16H25BrN2. The van der Waals surface area contributed by atoms with E-state index in [1.807, 2.05) is 6.20 Å². The van der Waals surface area contributed by atoms with Crippen LogP contribution in [0.2, 0.25) is 0 Å². The molecule has 1 aliphatic rings. The van der Waals surface area contributed by atoms with Crippen LogP contribution in [0.1, 0.15) is 51.6 Å². The Bertz CT molecular complexity index is 402. The van der Waals surface area contributed by atoms with E-state index in [0.29, 0.717) is 0 Å². The molecule has 1 aromatic heterocycles. The predicted octanol–water partition coefficient (Wildman–Crippen LogP) is 4.32. The highest BCUT2D eigenvalue weighted by molar-refractivity contribution is 9.10. The summed E-state index contributed by atoms with van der Waals surface area (Å²) >= 11 is 3.43. The predicted molar refractivity (Wildman–Crippen MR) is 84.0 cm³/mol. The molecule has 2 atom stereocenters. The smallest absolute Gasteiger partial charge is 0.0422 e. The summed E-state index contributed by atoms with van der Waals surface area (Å²) in [6.07, 6.45) is 8.91. The Balaban J connectivity index is 2.00. The van der Waals surface area contributed by atoms with Gasteiger partial charge in [0.25, 0.3) is 0 Å². The van der Waals surface area contributed by atoms with Gasteiger partial charge in [0.2, 0.25) is 0 Å². The van der Waals surface area contributed by atoms with Crippen LogP contribution in [0.3, 0.4) is 0 Å². The maximum atomic E-state index is 6.64. The van der Waals surface area contributed by atoms with Crippen molar-refractivity contribution >= 4 is 15.9 Å². The molecule has 1 heterocycles. The number of aromatic nitrogens is 1. The largest absolute Gasteiger partial charge is 0.325 e. The summed E-state index contributed by atoms with van der Waals surface area (Å²) in [7, 11) is 0. The van der Waals surface area contributed by atoms with E-state index in [9.17, 15) is 0 Å². The van der Waals surface area contributed by atoms with Crippen LogP contribution in [0.15, 0.2) is 22.8 Å². The lowest BCUT2D eigenvalue weighted by Crippen LogP contribution is -2.41. The molecule has 1 aromatic rings. The van der Waals surface area contributed by atoms with E-state index >= 15 is 0 Å². The first-order chi connectivity index (χ1) is 8.98. The highest BCUT2D eigenvalue weighted by Gasteiger charge is 2.30. The average Bonchev–Trinajstić information content (AvgIpc) is 2.55. The maximum Gasteiger partial charge on any atom is 0.0422 e. The topological polar surface area (TPSA) is 38.9 Å². The molecule has 0 aromatic carbocycles. The maximum absolute atomic E-state index is 6.64. The third-order valence-corrected chi connectivity index (χ3v) is 5.00. The van der Waals surface area contributed by atoms with Gasteiger partial charge in [0, 0.05) is 28.3 Å². The zero-order valence-corrected chi connectivity index (χ0v) is 13.6. The SMILES string of the molecule is CC(C)C1CCCC(N)(Cc2ccc(Br)cn2)CC1. The number of rotatable bonds is 3. The summed E-state index contributed by atoms with van der Waals surface area (Å²) in [4.78, 5) is 4.48. The number of hydrogen-bond donors (Lipinski definition) is 1. The fourth-order valence-corrected chi connectivity index (χ4v) is 3.41. The number of hydrogen-bond acceptors (Lipinski definition) is 2. The summed E-state index contributed by atoms with van der Waals surface area (Å²) in [5.41, 5.74) is 7.71. The van der Waals surface area contributed by atoms with Gasteiger partial charge in [-0.1, -0.05) is 26.7 Å². The average molecular weight is 325 g/mol. The molecule has 1 saturated carbocycles. The zero-order chi connectivity index (χ0) is 13.9. The molecule has 3 heteroatoms. The first-order valence-electron chi connectivity index (χ1n) is 7.38. The number of halogens is 1. The fraction of sp³-hybridized carbons (Fsp3) is 0.688. The van der Waals surface area contributed by atoms with E-state index in [1.165, 1.54) is 19.3 Å². The van der Waals surface area contributed by atoms with E-state index in [1.54, 1.807) is 0 Å². The molecule has 2 nitrogen and oxygen atoms in total. The molecule has 0 spiro atoms. The van der Waals surface area contributed by atoms with Gasteiger partial charge in [-0.3, -0.25) is 4.98 Å². The lowest BCUT2D eigenvalue weighted by atomic mass is 9.84. The van der Waals surface area contributed by atoms with Gasteiger partial charge in [-0.05, 0) is 59.2 Å². The van der Waals surface area contributed by atoms with Crippen molar-refractivity contribution in [2.75, 3.05) is 0 Å². The van der Waals surface area contributed by atoms with Crippen molar-refractivity contribution in [2.24, 2.45) is 17.6 Å². The molecule has 2 N–H and O–H groups in total. The fourth-order valence-electron chi connectivity index (χ4n) is 3.17. The van der Waals surface area contributed by atoms with Gasteiger partial charge in [-0.2, -0.15) is 0 Å². The van der Waals surface area contributed by atoms with Crippen LogP contribution in [0.5, 0.6) is 0 Å². The molecule has 2 rings (SSSR count). The van der Waals surface area contributed by atoms with E-state index in [2.05, 4.69) is 46.9 Å². The van der Waals surface area contributed by atoms with Crippen molar-refractivity contribution in [3.05, 3.63) is 28.5 Å². The molecule has 106 valence electrons. The Morgan fingerprint density at radius 3 is 2.79 bits per heavy atom. The third-order valence-electron chi connectivity index (χ3n) is 4.53. The second-order valence-corrected chi connectivity index (χ2v) is 7.36. The third kappa shape index (κ3) is 4.28. The van der Waals surface area contributed by atoms with Crippen molar-refractivity contribution in [3.63, 3.8) is 0 Å². The normalized spacial score (nSPS) is 28.4.